The van der Waals surface area contributed by atoms with E-state index in [1.165, 1.54) is 12.3 Å². The van der Waals surface area contributed by atoms with Crippen molar-refractivity contribution in [2.45, 2.75) is 25.8 Å². The van der Waals surface area contributed by atoms with Gasteiger partial charge in [0.25, 0.3) is 0 Å². The molecule has 1 aromatic carbocycles. The molecule has 0 bridgehead atoms. The Morgan fingerprint density at radius 3 is 2.80 bits per heavy atom. The minimum Gasteiger partial charge on any atom is -0.481 e. The molecule has 7 heteroatoms. The molecule has 130 valence electrons. The SMILES string of the molecule is Cc1[nH]c2c(F)cccc2c1CC(=O)NC(CC(=O)O)c1ccco1. The number of fused-ring (bicyclic) bond motifs is 1. The number of halogens is 1. The number of furan rings is 1. The second-order valence-electron chi connectivity index (χ2n) is 5.80. The molecule has 2 aromatic heterocycles. The first-order valence-corrected chi connectivity index (χ1v) is 7.76. The van der Waals surface area contributed by atoms with E-state index >= 15 is 0 Å². The lowest BCUT2D eigenvalue weighted by Gasteiger charge is -2.14. The zero-order valence-corrected chi connectivity index (χ0v) is 13.5. The predicted octanol–water partition coefficient (Wildman–Crippen LogP) is 3.08. The third-order valence-electron chi connectivity index (χ3n) is 4.04. The number of carbonyl (C=O) groups is 2. The van der Waals surface area contributed by atoms with Crippen molar-refractivity contribution in [3.8, 4) is 0 Å². The van der Waals surface area contributed by atoms with Gasteiger partial charge in [-0.15, -0.1) is 0 Å². The maximum absolute atomic E-state index is 13.8. The maximum Gasteiger partial charge on any atom is 0.305 e. The molecule has 0 aliphatic rings. The summed E-state index contributed by atoms with van der Waals surface area (Å²) >= 11 is 0. The number of carboxylic acid groups (broad SMARTS) is 1. The number of aryl methyl sites for hydroxylation is 1. The second kappa shape index (κ2) is 6.80. The van der Waals surface area contributed by atoms with E-state index in [1.54, 1.807) is 31.2 Å². The molecule has 0 spiro atoms. The van der Waals surface area contributed by atoms with Gasteiger partial charge in [-0.2, -0.15) is 0 Å². The Labute approximate surface area is 142 Å². The van der Waals surface area contributed by atoms with Gasteiger partial charge in [-0.05, 0) is 30.7 Å². The molecule has 3 rings (SSSR count). The molecule has 2 heterocycles. The fraction of sp³-hybridized carbons (Fsp3) is 0.222. The summed E-state index contributed by atoms with van der Waals surface area (Å²) in [7, 11) is 0. The van der Waals surface area contributed by atoms with Crippen LogP contribution in [0.15, 0.2) is 41.0 Å². The van der Waals surface area contributed by atoms with Crippen LogP contribution in [-0.2, 0) is 16.0 Å². The zero-order valence-electron chi connectivity index (χ0n) is 13.5. The van der Waals surface area contributed by atoms with Gasteiger partial charge in [-0.3, -0.25) is 9.59 Å². The molecular formula is C18H17FN2O4. The fourth-order valence-corrected chi connectivity index (χ4v) is 2.89. The highest BCUT2D eigenvalue weighted by Crippen LogP contribution is 2.25. The Bertz CT molecular complexity index is 915. The maximum atomic E-state index is 13.8. The number of carbonyl (C=O) groups excluding carboxylic acids is 1. The molecular weight excluding hydrogens is 327 g/mol. The number of H-pyrrole nitrogens is 1. The van der Waals surface area contributed by atoms with Crippen LogP contribution in [0.3, 0.4) is 0 Å². The number of hydrogen-bond acceptors (Lipinski definition) is 3. The minimum absolute atomic E-state index is 0.00607. The number of aromatic amines is 1. The Balaban J connectivity index is 1.81. The lowest BCUT2D eigenvalue weighted by molar-refractivity contribution is -0.137. The van der Waals surface area contributed by atoms with E-state index in [9.17, 15) is 14.0 Å². The highest BCUT2D eigenvalue weighted by molar-refractivity contribution is 5.90. The normalized spacial score (nSPS) is 12.2. The molecule has 3 aromatic rings. The van der Waals surface area contributed by atoms with E-state index in [1.807, 2.05) is 0 Å². The standard InChI is InChI=1S/C18H17FN2O4/c1-10-12(11-4-2-5-13(19)18(11)20-10)8-16(22)21-14(9-17(23)24)15-6-3-7-25-15/h2-7,14,20H,8-9H2,1H3,(H,21,22)(H,23,24). The van der Waals surface area contributed by atoms with Crippen LogP contribution < -0.4 is 5.32 Å². The van der Waals surface area contributed by atoms with Crippen LogP contribution in [0, 0.1) is 12.7 Å². The summed E-state index contributed by atoms with van der Waals surface area (Å²) in [6, 6.07) is 7.15. The van der Waals surface area contributed by atoms with E-state index < -0.39 is 12.0 Å². The number of benzene rings is 1. The molecule has 6 nitrogen and oxygen atoms in total. The van der Waals surface area contributed by atoms with E-state index in [4.69, 9.17) is 9.52 Å². The molecule has 25 heavy (non-hydrogen) atoms. The van der Waals surface area contributed by atoms with Gasteiger partial charge in [0.1, 0.15) is 11.6 Å². The van der Waals surface area contributed by atoms with Crippen LogP contribution in [-0.4, -0.2) is 22.0 Å². The number of amides is 1. The number of carboxylic acids is 1. The van der Waals surface area contributed by atoms with Gasteiger partial charge in [-0.1, -0.05) is 12.1 Å². The average molecular weight is 344 g/mol. The first-order valence-electron chi connectivity index (χ1n) is 7.76. The zero-order chi connectivity index (χ0) is 18.0. The molecule has 1 unspecified atom stereocenters. The van der Waals surface area contributed by atoms with Crippen molar-refractivity contribution in [1.29, 1.82) is 0 Å². The first-order chi connectivity index (χ1) is 12.0. The summed E-state index contributed by atoms with van der Waals surface area (Å²) in [6.07, 6.45) is 1.13. The van der Waals surface area contributed by atoms with Gasteiger partial charge >= 0.3 is 5.97 Å². The lowest BCUT2D eigenvalue weighted by atomic mass is 10.1. The molecule has 0 fully saturated rings. The summed E-state index contributed by atoms with van der Waals surface area (Å²) < 4.78 is 19.1. The molecule has 0 aliphatic carbocycles. The monoisotopic (exact) mass is 344 g/mol. The molecule has 3 N–H and O–H groups in total. The summed E-state index contributed by atoms with van der Waals surface area (Å²) in [5, 5.41) is 12.3. The van der Waals surface area contributed by atoms with Crippen molar-refractivity contribution in [2.24, 2.45) is 0 Å². The minimum atomic E-state index is -1.05. The second-order valence-corrected chi connectivity index (χ2v) is 5.80. The van der Waals surface area contributed by atoms with Crippen molar-refractivity contribution in [1.82, 2.24) is 10.3 Å². The fourth-order valence-electron chi connectivity index (χ4n) is 2.89. The quantitative estimate of drug-likeness (QED) is 0.640. The molecule has 0 saturated heterocycles. The number of rotatable bonds is 6. The number of para-hydroxylation sites is 1. The van der Waals surface area contributed by atoms with Crippen LogP contribution in [0.25, 0.3) is 10.9 Å². The van der Waals surface area contributed by atoms with Gasteiger partial charge in [0.05, 0.1) is 30.7 Å². The smallest absolute Gasteiger partial charge is 0.305 e. The summed E-state index contributed by atoms with van der Waals surface area (Å²) in [5.74, 6) is -1.42. The van der Waals surface area contributed by atoms with Crippen molar-refractivity contribution >= 4 is 22.8 Å². The average Bonchev–Trinajstić information content (AvgIpc) is 3.17. The highest BCUT2D eigenvalue weighted by atomic mass is 19.1. The van der Waals surface area contributed by atoms with Crippen molar-refractivity contribution in [3.63, 3.8) is 0 Å². The van der Waals surface area contributed by atoms with Crippen LogP contribution in [0.1, 0.15) is 29.5 Å². The number of nitrogens with one attached hydrogen (secondary N) is 2. The van der Waals surface area contributed by atoms with Crippen LogP contribution in [0.5, 0.6) is 0 Å². The highest BCUT2D eigenvalue weighted by Gasteiger charge is 2.22. The summed E-state index contributed by atoms with van der Waals surface area (Å²) in [6.45, 7) is 1.77. The number of aromatic nitrogens is 1. The lowest BCUT2D eigenvalue weighted by Crippen LogP contribution is -2.31. The van der Waals surface area contributed by atoms with Crippen molar-refractivity contribution < 1.29 is 23.5 Å². The molecule has 1 amide bonds. The van der Waals surface area contributed by atoms with E-state index in [2.05, 4.69) is 10.3 Å². The van der Waals surface area contributed by atoms with Crippen LogP contribution >= 0.6 is 0 Å². The van der Waals surface area contributed by atoms with Crippen LogP contribution in [0.4, 0.5) is 4.39 Å². The van der Waals surface area contributed by atoms with E-state index in [0.717, 1.165) is 0 Å². The van der Waals surface area contributed by atoms with Gasteiger partial charge in [0.15, 0.2) is 0 Å². The third-order valence-corrected chi connectivity index (χ3v) is 4.04. The Morgan fingerprint density at radius 1 is 1.32 bits per heavy atom. The van der Waals surface area contributed by atoms with Gasteiger partial charge in [0, 0.05) is 11.1 Å². The summed E-state index contributed by atoms with van der Waals surface area (Å²) in [4.78, 5) is 26.4. The largest absolute Gasteiger partial charge is 0.481 e. The molecule has 0 saturated carbocycles. The van der Waals surface area contributed by atoms with Crippen molar-refractivity contribution in [3.05, 3.63) is 59.4 Å². The third kappa shape index (κ3) is 3.55. The number of aliphatic carboxylic acids is 1. The Kier molecular flexibility index (Phi) is 4.56. The van der Waals surface area contributed by atoms with Crippen LogP contribution in [0.2, 0.25) is 0 Å². The number of hydrogen-bond donors (Lipinski definition) is 3. The summed E-state index contributed by atoms with van der Waals surface area (Å²) in [5.41, 5.74) is 1.74. The molecule has 1 atom stereocenters. The Morgan fingerprint density at radius 2 is 2.12 bits per heavy atom. The van der Waals surface area contributed by atoms with Gasteiger partial charge in [-0.25, -0.2) is 4.39 Å². The first kappa shape index (κ1) is 16.8. The molecule has 0 radical (unpaired) electrons. The molecule has 0 aliphatic heterocycles. The predicted molar refractivity (Wildman–Crippen MR) is 88.5 cm³/mol. The van der Waals surface area contributed by atoms with Gasteiger partial charge < -0.3 is 19.8 Å². The Hall–Kier alpha value is -3.09. The topological polar surface area (TPSA) is 95.3 Å². The van der Waals surface area contributed by atoms with E-state index in [0.29, 0.717) is 27.9 Å². The van der Waals surface area contributed by atoms with Gasteiger partial charge in [0.2, 0.25) is 5.91 Å². The van der Waals surface area contributed by atoms with E-state index in [-0.39, 0.29) is 24.6 Å². The van der Waals surface area contributed by atoms with Crippen molar-refractivity contribution in [2.75, 3.05) is 0 Å².